The van der Waals surface area contributed by atoms with Crippen LogP contribution in [0.25, 0.3) is 0 Å². The van der Waals surface area contributed by atoms with Crippen molar-refractivity contribution in [3.8, 4) is 5.75 Å². The summed E-state index contributed by atoms with van der Waals surface area (Å²) in [5.41, 5.74) is 7.49. The second-order valence-corrected chi connectivity index (χ2v) is 6.42. The number of halogens is 1. The Balaban J connectivity index is 1.79. The highest BCUT2D eigenvalue weighted by Crippen LogP contribution is 2.34. The van der Waals surface area contributed by atoms with Crippen molar-refractivity contribution in [3.05, 3.63) is 29.5 Å². The molecule has 0 aliphatic carbocycles. The summed E-state index contributed by atoms with van der Waals surface area (Å²) in [5, 5.41) is 12.8. The van der Waals surface area contributed by atoms with Gasteiger partial charge in [-0.05, 0) is 18.2 Å². The number of aliphatic hydroxyl groups excluding tert-OH is 1. The fraction of sp³-hybridized carbons (Fsp3) is 0.412. The van der Waals surface area contributed by atoms with Gasteiger partial charge in [0.2, 0.25) is 0 Å². The highest BCUT2D eigenvalue weighted by molar-refractivity contribution is 6.31. The number of hydrogen-bond acceptors (Lipinski definition) is 8. The van der Waals surface area contributed by atoms with Gasteiger partial charge in [-0.3, -0.25) is 4.90 Å². The molecule has 3 rings (SSSR count). The molecular formula is C17H23ClN6O2. The quantitative estimate of drug-likeness (QED) is 0.696. The predicted molar refractivity (Wildman–Crippen MR) is 103 cm³/mol. The summed E-state index contributed by atoms with van der Waals surface area (Å²) in [7, 11) is 1.59. The molecule has 1 aliphatic heterocycles. The van der Waals surface area contributed by atoms with Crippen LogP contribution in [0.1, 0.15) is 0 Å². The molecule has 0 unspecified atom stereocenters. The smallest absolute Gasteiger partial charge is 0.159 e. The van der Waals surface area contributed by atoms with Crippen LogP contribution in [0.3, 0.4) is 0 Å². The molecule has 2 heterocycles. The molecule has 0 spiro atoms. The van der Waals surface area contributed by atoms with Gasteiger partial charge in [0.15, 0.2) is 11.6 Å². The van der Waals surface area contributed by atoms with E-state index in [1.54, 1.807) is 25.3 Å². The summed E-state index contributed by atoms with van der Waals surface area (Å²) in [6, 6.07) is 5.30. The van der Waals surface area contributed by atoms with E-state index < -0.39 is 0 Å². The Bertz CT molecular complexity index is 752. The van der Waals surface area contributed by atoms with E-state index in [4.69, 9.17) is 27.2 Å². The van der Waals surface area contributed by atoms with Crippen LogP contribution in [-0.4, -0.2) is 66.4 Å². The van der Waals surface area contributed by atoms with Crippen molar-refractivity contribution in [2.75, 3.05) is 62.4 Å². The molecule has 26 heavy (non-hydrogen) atoms. The van der Waals surface area contributed by atoms with Gasteiger partial charge in [-0.15, -0.1) is 0 Å². The van der Waals surface area contributed by atoms with Crippen molar-refractivity contribution < 1.29 is 9.84 Å². The molecule has 2 aromatic rings. The molecule has 1 aliphatic rings. The zero-order chi connectivity index (χ0) is 18.5. The fourth-order valence-electron chi connectivity index (χ4n) is 2.97. The monoisotopic (exact) mass is 378 g/mol. The molecule has 9 heteroatoms. The number of piperazine rings is 1. The molecule has 1 fully saturated rings. The van der Waals surface area contributed by atoms with Crippen LogP contribution < -0.4 is 20.7 Å². The third kappa shape index (κ3) is 4.09. The van der Waals surface area contributed by atoms with E-state index in [1.165, 1.54) is 6.33 Å². The number of aromatic nitrogens is 2. The van der Waals surface area contributed by atoms with E-state index in [1.807, 2.05) is 0 Å². The van der Waals surface area contributed by atoms with E-state index in [-0.39, 0.29) is 6.61 Å². The lowest BCUT2D eigenvalue weighted by Gasteiger charge is -2.35. The number of aliphatic hydroxyl groups is 1. The fourth-order valence-corrected chi connectivity index (χ4v) is 3.14. The van der Waals surface area contributed by atoms with E-state index >= 15 is 0 Å². The number of rotatable bonds is 6. The third-order valence-electron chi connectivity index (χ3n) is 4.37. The number of nitrogens with one attached hydrogen (secondary N) is 1. The van der Waals surface area contributed by atoms with Crippen LogP contribution in [0, 0.1) is 0 Å². The van der Waals surface area contributed by atoms with Crippen molar-refractivity contribution >= 4 is 34.6 Å². The maximum absolute atomic E-state index is 9.06. The van der Waals surface area contributed by atoms with Crippen molar-refractivity contribution in [3.63, 3.8) is 0 Å². The van der Waals surface area contributed by atoms with Crippen LogP contribution >= 0.6 is 11.6 Å². The number of anilines is 4. The van der Waals surface area contributed by atoms with Crippen molar-refractivity contribution in [1.82, 2.24) is 14.9 Å². The maximum Gasteiger partial charge on any atom is 0.159 e. The number of nitrogens with two attached hydrogens (primary N) is 1. The summed E-state index contributed by atoms with van der Waals surface area (Å²) >= 11 is 6.08. The molecule has 8 nitrogen and oxygen atoms in total. The Morgan fingerprint density at radius 1 is 1.27 bits per heavy atom. The minimum absolute atomic E-state index is 0.172. The van der Waals surface area contributed by atoms with Gasteiger partial charge >= 0.3 is 0 Å². The first kappa shape index (κ1) is 18.5. The normalized spacial score (nSPS) is 15.1. The standard InChI is InChI=1S/C17H23ClN6O2/c1-26-14-3-2-12(18)10-13(14)22-16-15(19)17(21-11-20-16)24-6-4-23(5-7-24)8-9-25/h2-3,10-11,25H,4-9,19H2,1H3,(H,20,21,22). The maximum atomic E-state index is 9.06. The van der Waals surface area contributed by atoms with Crippen molar-refractivity contribution in [1.29, 1.82) is 0 Å². The summed E-state index contributed by atoms with van der Waals surface area (Å²) < 4.78 is 5.35. The first-order valence-corrected chi connectivity index (χ1v) is 8.79. The predicted octanol–water partition coefficient (Wildman–Crippen LogP) is 1.58. The Morgan fingerprint density at radius 2 is 2.04 bits per heavy atom. The van der Waals surface area contributed by atoms with E-state index in [0.717, 1.165) is 26.2 Å². The SMILES string of the molecule is COc1ccc(Cl)cc1Nc1ncnc(N2CCN(CCO)CC2)c1N. The molecule has 4 N–H and O–H groups in total. The summed E-state index contributed by atoms with van der Waals surface area (Å²) in [4.78, 5) is 13.0. The summed E-state index contributed by atoms with van der Waals surface area (Å²) in [6.45, 7) is 4.16. The van der Waals surface area contributed by atoms with Gasteiger partial charge in [-0.1, -0.05) is 11.6 Å². The summed E-state index contributed by atoms with van der Waals surface area (Å²) in [6.07, 6.45) is 1.49. The minimum atomic E-state index is 0.172. The molecule has 1 aromatic heterocycles. The van der Waals surface area contributed by atoms with Gasteiger partial charge in [-0.25, -0.2) is 9.97 Å². The molecule has 0 atom stereocenters. The van der Waals surface area contributed by atoms with E-state index in [0.29, 0.717) is 40.3 Å². The number of hydrogen-bond donors (Lipinski definition) is 3. The lowest BCUT2D eigenvalue weighted by Crippen LogP contribution is -2.47. The van der Waals surface area contributed by atoms with Gasteiger partial charge in [-0.2, -0.15) is 0 Å². The molecule has 0 radical (unpaired) electrons. The molecule has 1 saturated heterocycles. The van der Waals surface area contributed by atoms with Crippen LogP contribution in [0.4, 0.5) is 23.0 Å². The average Bonchev–Trinajstić information content (AvgIpc) is 2.65. The third-order valence-corrected chi connectivity index (χ3v) is 4.60. The number of β-amino-alcohol motifs (C(OH)–C–C–N with tert-alkyl or cyclic N) is 1. The van der Waals surface area contributed by atoms with Crippen LogP contribution in [0.5, 0.6) is 5.75 Å². The molecule has 140 valence electrons. The zero-order valence-corrected chi connectivity index (χ0v) is 15.4. The Labute approximate surface area is 157 Å². The van der Waals surface area contributed by atoms with Gasteiger partial charge in [0.25, 0.3) is 0 Å². The van der Waals surface area contributed by atoms with Gasteiger partial charge in [0, 0.05) is 37.7 Å². The Kier molecular flexibility index (Phi) is 5.97. The minimum Gasteiger partial charge on any atom is -0.495 e. The van der Waals surface area contributed by atoms with Crippen LogP contribution in [0.2, 0.25) is 5.02 Å². The van der Waals surface area contributed by atoms with E-state index in [9.17, 15) is 0 Å². The largest absolute Gasteiger partial charge is 0.495 e. The number of ether oxygens (including phenoxy) is 1. The number of nitrogens with zero attached hydrogens (tertiary/aromatic N) is 4. The molecule has 0 bridgehead atoms. The second kappa shape index (κ2) is 8.39. The molecule has 0 amide bonds. The van der Waals surface area contributed by atoms with Gasteiger partial charge in [0.05, 0.1) is 19.4 Å². The van der Waals surface area contributed by atoms with Gasteiger partial charge < -0.3 is 25.8 Å². The zero-order valence-electron chi connectivity index (χ0n) is 14.7. The van der Waals surface area contributed by atoms with E-state index in [2.05, 4.69) is 25.1 Å². The molecule has 0 saturated carbocycles. The average molecular weight is 379 g/mol. The highest BCUT2D eigenvalue weighted by atomic mass is 35.5. The van der Waals surface area contributed by atoms with Gasteiger partial charge in [0.1, 0.15) is 17.8 Å². The lowest BCUT2D eigenvalue weighted by atomic mass is 10.2. The number of nitrogen functional groups attached to an aromatic ring is 1. The lowest BCUT2D eigenvalue weighted by molar-refractivity contribution is 0.188. The molecule has 1 aromatic carbocycles. The highest BCUT2D eigenvalue weighted by Gasteiger charge is 2.21. The van der Waals surface area contributed by atoms with Crippen LogP contribution in [0.15, 0.2) is 24.5 Å². The topological polar surface area (TPSA) is 99.8 Å². The summed E-state index contributed by atoms with van der Waals surface area (Å²) in [5.74, 6) is 1.85. The Hall–Kier alpha value is -2.29. The van der Waals surface area contributed by atoms with Crippen molar-refractivity contribution in [2.45, 2.75) is 0 Å². The Morgan fingerprint density at radius 3 is 2.73 bits per heavy atom. The number of benzene rings is 1. The first-order valence-electron chi connectivity index (χ1n) is 8.41. The van der Waals surface area contributed by atoms with Crippen molar-refractivity contribution in [2.24, 2.45) is 0 Å². The first-order chi connectivity index (χ1) is 12.6. The number of methoxy groups -OCH3 is 1. The van der Waals surface area contributed by atoms with Crippen LogP contribution in [-0.2, 0) is 0 Å². The second-order valence-electron chi connectivity index (χ2n) is 5.98. The molecular weight excluding hydrogens is 356 g/mol.